The number of fused-ring (bicyclic) bond motifs is 1. The van der Waals surface area contributed by atoms with Crippen molar-refractivity contribution >= 4 is 74.3 Å². The first kappa shape index (κ1) is 23.7. The molecule has 9 nitrogen and oxygen atoms in total. The number of imidazole rings is 1. The number of hydrogen-bond acceptors (Lipinski definition) is 6. The molecule has 0 bridgehead atoms. The zero-order chi connectivity index (χ0) is 23.9. The fraction of sp³-hybridized carbons (Fsp3) is 0.136. The monoisotopic (exact) mass is 515 g/mol. The number of aryl methyl sites for hydroxylation is 1. The van der Waals surface area contributed by atoms with Gasteiger partial charge in [0.25, 0.3) is 0 Å². The topological polar surface area (TPSA) is 114 Å². The van der Waals surface area contributed by atoms with Crippen LogP contribution >= 0.6 is 34.5 Å². The molecule has 0 saturated heterocycles. The van der Waals surface area contributed by atoms with Crippen LogP contribution in [0.1, 0.15) is 11.3 Å². The van der Waals surface area contributed by atoms with Gasteiger partial charge in [-0.05, 0) is 30.7 Å². The Kier molecular flexibility index (Phi) is 7.73. The van der Waals surface area contributed by atoms with E-state index in [0.29, 0.717) is 38.3 Å². The largest absolute Gasteiger partial charge is 0.352 e. The standard InChI is InChI=1S/C22H19Cl2N7O2S/c23-15-3-1-4-16(24)19(15)29-22(33)30-21-20-17(27-12-28-21)11-14(34-20)5-6-18(32)26-7-2-9-31-10-8-25-13-31/h1,3-6,8,10-13H,2,7,9H2,(H,26,32)(H2,27,28,29,30,33)/b6-5+. The van der Waals surface area contributed by atoms with Crippen LogP contribution < -0.4 is 16.0 Å². The van der Waals surface area contributed by atoms with Gasteiger partial charge in [-0.25, -0.2) is 19.7 Å². The van der Waals surface area contributed by atoms with E-state index >= 15 is 0 Å². The lowest BCUT2D eigenvalue weighted by Gasteiger charge is -2.10. The van der Waals surface area contributed by atoms with Crippen molar-refractivity contribution in [3.8, 4) is 0 Å². The van der Waals surface area contributed by atoms with Gasteiger partial charge in [-0.1, -0.05) is 29.3 Å². The number of nitrogens with one attached hydrogen (secondary N) is 3. The maximum absolute atomic E-state index is 12.5. The minimum atomic E-state index is -0.546. The molecule has 0 fully saturated rings. The Labute approximate surface area is 208 Å². The number of benzene rings is 1. The van der Waals surface area contributed by atoms with Crippen LogP contribution in [0.5, 0.6) is 0 Å². The Bertz CT molecular complexity index is 1320. The second-order valence-electron chi connectivity index (χ2n) is 7.04. The highest BCUT2D eigenvalue weighted by atomic mass is 35.5. The van der Waals surface area contributed by atoms with E-state index < -0.39 is 6.03 Å². The Hall–Kier alpha value is -3.47. The Morgan fingerprint density at radius 2 is 1.97 bits per heavy atom. The molecule has 0 unspecified atom stereocenters. The third kappa shape index (κ3) is 6.10. The summed E-state index contributed by atoms with van der Waals surface area (Å²) in [7, 11) is 0. The second-order valence-corrected chi connectivity index (χ2v) is 8.94. The van der Waals surface area contributed by atoms with E-state index in [9.17, 15) is 9.59 Å². The van der Waals surface area contributed by atoms with Gasteiger partial charge in [0.2, 0.25) is 5.91 Å². The molecule has 1 aromatic carbocycles. The first-order valence-electron chi connectivity index (χ1n) is 10.2. The van der Waals surface area contributed by atoms with Gasteiger partial charge >= 0.3 is 6.03 Å². The quantitative estimate of drug-likeness (QED) is 0.224. The molecule has 3 N–H and O–H groups in total. The number of thiophene rings is 1. The molecular weight excluding hydrogens is 497 g/mol. The SMILES string of the molecule is O=C(/C=C/c1cc2ncnc(NC(=O)Nc3c(Cl)cccc3Cl)c2s1)NCCCn1ccnc1. The third-order valence-electron chi connectivity index (χ3n) is 4.61. The number of halogens is 2. The fourth-order valence-corrected chi connectivity index (χ4v) is 4.47. The van der Waals surface area contributed by atoms with Crippen LogP contribution in [-0.2, 0) is 11.3 Å². The molecule has 0 atom stereocenters. The average molecular weight is 516 g/mol. The Morgan fingerprint density at radius 3 is 2.74 bits per heavy atom. The van der Waals surface area contributed by atoms with Gasteiger partial charge < -0.3 is 15.2 Å². The van der Waals surface area contributed by atoms with Gasteiger partial charge in [-0.3, -0.25) is 10.1 Å². The van der Waals surface area contributed by atoms with Crippen molar-refractivity contribution in [2.45, 2.75) is 13.0 Å². The summed E-state index contributed by atoms with van der Waals surface area (Å²) in [6, 6.07) is 6.21. The zero-order valence-electron chi connectivity index (χ0n) is 17.7. The maximum atomic E-state index is 12.5. The lowest BCUT2D eigenvalue weighted by molar-refractivity contribution is -0.116. The molecule has 3 amide bonds. The van der Waals surface area contributed by atoms with Crippen molar-refractivity contribution in [2.75, 3.05) is 17.2 Å². The van der Waals surface area contributed by atoms with Gasteiger partial charge in [0.15, 0.2) is 5.82 Å². The van der Waals surface area contributed by atoms with E-state index in [1.54, 1.807) is 36.8 Å². The lowest BCUT2D eigenvalue weighted by atomic mass is 10.3. The van der Waals surface area contributed by atoms with E-state index in [-0.39, 0.29) is 5.91 Å². The molecule has 0 aliphatic rings. The summed E-state index contributed by atoms with van der Waals surface area (Å²) >= 11 is 13.6. The van der Waals surface area contributed by atoms with Crippen molar-refractivity contribution in [1.82, 2.24) is 24.8 Å². The summed E-state index contributed by atoms with van der Waals surface area (Å²) in [6.07, 6.45) is 10.7. The highest BCUT2D eigenvalue weighted by molar-refractivity contribution is 7.20. The predicted molar refractivity (Wildman–Crippen MR) is 135 cm³/mol. The molecular formula is C22H19Cl2N7O2S. The van der Waals surface area contributed by atoms with Crippen LogP contribution in [0.4, 0.5) is 16.3 Å². The summed E-state index contributed by atoms with van der Waals surface area (Å²) in [5.74, 6) is 0.141. The predicted octanol–water partition coefficient (Wildman–Crippen LogP) is 5.06. The van der Waals surface area contributed by atoms with Gasteiger partial charge in [0.05, 0.1) is 32.3 Å². The number of rotatable bonds is 8. The summed E-state index contributed by atoms with van der Waals surface area (Å²) in [6.45, 7) is 1.34. The molecule has 34 heavy (non-hydrogen) atoms. The van der Waals surface area contributed by atoms with E-state index in [4.69, 9.17) is 23.2 Å². The van der Waals surface area contributed by atoms with Crippen molar-refractivity contribution in [1.29, 1.82) is 0 Å². The fourth-order valence-electron chi connectivity index (χ4n) is 3.02. The van der Waals surface area contributed by atoms with E-state index in [1.807, 2.05) is 16.8 Å². The number of hydrogen-bond donors (Lipinski definition) is 3. The molecule has 12 heteroatoms. The Balaban J connectivity index is 1.36. The molecule has 0 aliphatic heterocycles. The summed E-state index contributed by atoms with van der Waals surface area (Å²) in [4.78, 5) is 37.8. The van der Waals surface area contributed by atoms with Crippen LogP contribution in [0, 0.1) is 0 Å². The van der Waals surface area contributed by atoms with Crippen molar-refractivity contribution in [2.24, 2.45) is 0 Å². The van der Waals surface area contributed by atoms with E-state index in [0.717, 1.165) is 17.8 Å². The van der Waals surface area contributed by atoms with E-state index in [1.165, 1.54) is 23.7 Å². The number of aromatic nitrogens is 4. The zero-order valence-corrected chi connectivity index (χ0v) is 20.0. The number of carbonyl (C=O) groups is 2. The van der Waals surface area contributed by atoms with E-state index in [2.05, 4.69) is 30.9 Å². The summed E-state index contributed by atoms with van der Waals surface area (Å²) in [5.41, 5.74) is 0.950. The maximum Gasteiger partial charge on any atom is 0.324 e. The lowest BCUT2D eigenvalue weighted by Crippen LogP contribution is -2.22. The van der Waals surface area contributed by atoms with Crippen molar-refractivity contribution in [3.05, 3.63) is 70.3 Å². The normalized spacial score (nSPS) is 11.1. The van der Waals surface area contributed by atoms with Crippen LogP contribution in [0.2, 0.25) is 10.0 Å². The molecule has 174 valence electrons. The van der Waals surface area contributed by atoms with Crippen LogP contribution in [0.3, 0.4) is 0 Å². The molecule has 3 heterocycles. The number of para-hydroxylation sites is 1. The Morgan fingerprint density at radius 1 is 1.15 bits per heavy atom. The smallest absolute Gasteiger partial charge is 0.324 e. The molecule has 4 rings (SSSR count). The van der Waals surface area contributed by atoms with Gasteiger partial charge in [-0.2, -0.15) is 0 Å². The molecule has 0 saturated carbocycles. The molecule has 3 aromatic heterocycles. The first-order chi connectivity index (χ1) is 16.5. The van der Waals surface area contributed by atoms with Crippen LogP contribution in [-0.4, -0.2) is 38.0 Å². The number of nitrogens with zero attached hydrogens (tertiary/aromatic N) is 4. The molecule has 0 aliphatic carbocycles. The molecule has 4 aromatic rings. The minimum Gasteiger partial charge on any atom is -0.352 e. The average Bonchev–Trinajstić information content (AvgIpc) is 3.48. The first-order valence-corrected chi connectivity index (χ1v) is 11.7. The van der Waals surface area contributed by atoms with Crippen molar-refractivity contribution < 1.29 is 9.59 Å². The van der Waals surface area contributed by atoms with Gasteiger partial charge in [-0.15, -0.1) is 11.3 Å². The van der Waals surface area contributed by atoms with Crippen LogP contribution in [0.25, 0.3) is 16.3 Å². The second kappa shape index (κ2) is 11.1. The number of anilines is 2. The number of urea groups is 1. The number of amides is 3. The number of carbonyl (C=O) groups excluding carboxylic acids is 2. The highest BCUT2D eigenvalue weighted by Gasteiger charge is 2.13. The molecule has 0 radical (unpaired) electrons. The summed E-state index contributed by atoms with van der Waals surface area (Å²) < 4.78 is 2.62. The third-order valence-corrected chi connectivity index (χ3v) is 6.34. The van der Waals surface area contributed by atoms with Crippen LogP contribution in [0.15, 0.2) is 55.4 Å². The summed E-state index contributed by atoms with van der Waals surface area (Å²) in [5, 5.41) is 8.81. The van der Waals surface area contributed by atoms with Gasteiger partial charge in [0, 0.05) is 36.4 Å². The highest BCUT2D eigenvalue weighted by Crippen LogP contribution is 2.32. The van der Waals surface area contributed by atoms with Crippen molar-refractivity contribution in [3.63, 3.8) is 0 Å². The minimum absolute atomic E-state index is 0.191. The molecule has 0 spiro atoms. The van der Waals surface area contributed by atoms with Gasteiger partial charge in [0.1, 0.15) is 6.33 Å².